The molecule has 0 atom stereocenters. The van der Waals surface area contributed by atoms with E-state index in [1.165, 1.54) is 7.11 Å². The van der Waals surface area contributed by atoms with Gasteiger partial charge in [-0.3, -0.25) is 4.79 Å². The van der Waals surface area contributed by atoms with Gasteiger partial charge in [-0.15, -0.1) is 0 Å². The van der Waals surface area contributed by atoms with Crippen molar-refractivity contribution in [1.82, 2.24) is 0 Å². The Hall–Kier alpha value is -4.58. The number of amides is 1. The van der Waals surface area contributed by atoms with Crippen LogP contribution in [0, 0.1) is 0 Å². The topological polar surface area (TPSA) is 73.9 Å². The van der Waals surface area contributed by atoms with Gasteiger partial charge in [-0.05, 0) is 47.5 Å². The first-order valence-corrected chi connectivity index (χ1v) is 11.1. The van der Waals surface area contributed by atoms with Gasteiger partial charge < -0.3 is 19.5 Å². The number of anilines is 1. The van der Waals surface area contributed by atoms with Crippen LogP contribution in [0.5, 0.6) is 17.2 Å². The van der Waals surface area contributed by atoms with Crippen molar-refractivity contribution in [2.45, 2.75) is 13.0 Å². The van der Waals surface area contributed by atoms with Gasteiger partial charge in [0.2, 0.25) is 5.91 Å². The number of methoxy groups -OCH3 is 1. The Balaban J connectivity index is 1.37. The molecule has 0 unspecified atom stereocenters. The van der Waals surface area contributed by atoms with Gasteiger partial charge >= 0.3 is 5.97 Å². The number of benzene rings is 4. The molecule has 0 saturated carbocycles. The molecule has 0 aliphatic carbocycles. The molecule has 0 radical (unpaired) electrons. The lowest BCUT2D eigenvalue weighted by Gasteiger charge is -2.13. The number of nitrogens with one attached hydrogen (secondary N) is 1. The van der Waals surface area contributed by atoms with Gasteiger partial charge in [0, 0.05) is 0 Å². The molecule has 1 amide bonds. The van der Waals surface area contributed by atoms with Crippen LogP contribution in [0.3, 0.4) is 0 Å². The third kappa shape index (κ3) is 6.48. The summed E-state index contributed by atoms with van der Waals surface area (Å²) >= 11 is 0. The molecule has 176 valence electrons. The van der Waals surface area contributed by atoms with E-state index in [1.807, 2.05) is 66.7 Å². The minimum Gasteiger partial charge on any atom is -0.485 e. The normalized spacial score (nSPS) is 10.3. The summed E-state index contributed by atoms with van der Waals surface area (Å²) in [4.78, 5) is 24.4. The highest BCUT2D eigenvalue weighted by atomic mass is 16.5. The van der Waals surface area contributed by atoms with E-state index in [0.717, 1.165) is 11.1 Å². The van der Waals surface area contributed by atoms with Crippen LogP contribution in [0.2, 0.25) is 0 Å². The van der Waals surface area contributed by atoms with Crippen LogP contribution in [-0.2, 0) is 22.6 Å². The molecule has 4 rings (SSSR count). The van der Waals surface area contributed by atoms with E-state index >= 15 is 0 Å². The van der Waals surface area contributed by atoms with E-state index in [4.69, 9.17) is 14.2 Å². The molecule has 6 heteroatoms. The van der Waals surface area contributed by atoms with Crippen molar-refractivity contribution in [3.63, 3.8) is 0 Å². The average Bonchev–Trinajstić information content (AvgIpc) is 2.90. The molecular formula is C29H25NO5. The molecule has 1 N–H and O–H groups in total. The predicted molar refractivity (Wildman–Crippen MR) is 134 cm³/mol. The molecule has 4 aromatic carbocycles. The second-order valence-electron chi connectivity index (χ2n) is 7.73. The first-order chi connectivity index (χ1) is 17.1. The smallest absolute Gasteiger partial charge is 0.339 e. The number of esters is 1. The highest BCUT2D eigenvalue weighted by molar-refractivity contribution is 6.01. The summed E-state index contributed by atoms with van der Waals surface area (Å²) in [6.45, 7) is 0.439. The van der Waals surface area contributed by atoms with Gasteiger partial charge in [0.25, 0.3) is 0 Å². The Morgan fingerprint density at radius 1 is 0.714 bits per heavy atom. The lowest BCUT2D eigenvalue weighted by atomic mass is 10.1. The zero-order valence-electron chi connectivity index (χ0n) is 19.3. The third-order valence-electron chi connectivity index (χ3n) is 5.21. The van der Waals surface area contributed by atoms with Crippen LogP contribution in [0.25, 0.3) is 0 Å². The van der Waals surface area contributed by atoms with Crippen LogP contribution in [0.15, 0.2) is 103 Å². The Bertz CT molecular complexity index is 1290. The molecular weight excluding hydrogens is 442 g/mol. The van der Waals surface area contributed by atoms with Gasteiger partial charge in [-0.2, -0.15) is 0 Å². The summed E-state index contributed by atoms with van der Waals surface area (Å²) in [5, 5.41) is 2.78. The summed E-state index contributed by atoms with van der Waals surface area (Å²) in [5.41, 5.74) is 2.59. The number of ether oxygens (including phenoxy) is 3. The number of carbonyl (C=O) groups excluding carboxylic acids is 2. The zero-order valence-corrected chi connectivity index (χ0v) is 19.3. The summed E-state index contributed by atoms with van der Waals surface area (Å²) in [6, 6.07) is 31.4. The van der Waals surface area contributed by atoms with Crippen molar-refractivity contribution in [2.75, 3.05) is 12.4 Å². The summed E-state index contributed by atoms with van der Waals surface area (Å²) in [6.07, 6.45) is 0.145. The SMILES string of the molecule is COC(=O)c1ccccc1NC(=O)Cc1ccc(Oc2ccccc2OCc2ccccc2)cc1. The van der Waals surface area contributed by atoms with E-state index in [2.05, 4.69) is 5.32 Å². The van der Waals surface area contributed by atoms with Crippen molar-refractivity contribution < 1.29 is 23.8 Å². The molecule has 0 saturated heterocycles. The third-order valence-corrected chi connectivity index (χ3v) is 5.21. The van der Waals surface area contributed by atoms with Crippen LogP contribution < -0.4 is 14.8 Å². The van der Waals surface area contributed by atoms with E-state index < -0.39 is 5.97 Å². The van der Waals surface area contributed by atoms with Crippen LogP contribution in [0.1, 0.15) is 21.5 Å². The number of rotatable bonds is 9. The molecule has 0 spiro atoms. The molecule has 0 aromatic heterocycles. The van der Waals surface area contributed by atoms with E-state index in [0.29, 0.717) is 35.1 Å². The standard InChI is InChI=1S/C29H25NO5/c1-33-29(32)24-11-5-6-12-25(24)30-28(31)19-21-15-17-23(18-16-21)35-27-14-8-7-13-26(27)34-20-22-9-3-2-4-10-22/h2-18H,19-20H2,1H3,(H,30,31). The summed E-state index contributed by atoms with van der Waals surface area (Å²) in [7, 11) is 1.30. The number of hydrogen-bond donors (Lipinski definition) is 1. The largest absolute Gasteiger partial charge is 0.485 e. The van der Waals surface area contributed by atoms with Crippen LogP contribution >= 0.6 is 0 Å². The summed E-state index contributed by atoms with van der Waals surface area (Å²) in [5.74, 6) is 1.13. The number of para-hydroxylation sites is 3. The Morgan fingerprint density at radius 3 is 2.11 bits per heavy atom. The van der Waals surface area contributed by atoms with Crippen molar-refractivity contribution in [3.8, 4) is 17.2 Å². The second-order valence-corrected chi connectivity index (χ2v) is 7.73. The van der Waals surface area contributed by atoms with E-state index in [-0.39, 0.29) is 12.3 Å². The number of hydrogen-bond acceptors (Lipinski definition) is 5. The van der Waals surface area contributed by atoms with E-state index in [9.17, 15) is 9.59 Å². The maximum atomic E-state index is 12.5. The van der Waals surface area contributed by atoms with Gasteiger partial charge in [-0.1, -0.05) is 66.7 Å². The Morgan fingerprint density at radius 2 is 1.37 bits per heavy atom. The van der Waals surface area contributed by atoms with Gasteiger partial charge in [0.15, 0.2) is 11.5 Å². The van der Waals surface area contributed by atoms with Crippen molar-refractivity contribution in [3.05, 3.63) is 120 Å². The van der Waals surface area contributed by atoms with Crippen molar-refractivity contribution >= 4 is 17.6 Å². The molecule has 35 heavy (non-hydrogen) atoms. The predicted octanol–water partition coefficient (Wildman–Crippen LogP) is 6.03. The average molecular weight is 468 g/mol. The molecule has 4 aromatic rings. The molecule has 0 heterocycles. The van der Waals surface area contributed by atoms with Crippen LogP contribution in [-0.4, -0.2) is 19.0 Å². The second kappa shape index (κ2) is 11.5. The molecule has 0 aliphatic rings. The van der Waals surface area contributed by atoms with Crippen LogP contribution in [0.4, 0.5) is 5.69 Å². The van der Waals surface area contributed by atoms with Crippen molar-refractivity contribution in [1.29, 1.82) is 0 Å². The molecule has 0 aliphatic heterocycles. The quantitative estimate of drug-likeness (QED) is 0.305. The molecule has 0 bridgehead atoms. The first-order valence-electron chi connectivity index (χ1n) is 11.1. The fraction of sp³-hybridized carbons (Fsp3) is 0.103. The lowest BCUT2D eigenvalue weighted by Crippen LogP contribution is -2.17. The number of carbonyl (C=O) groups is 2. The lowest BCUT2D eigenvalue weighted by molar-refractivity contribution is -0.115. The highest BCUT2D eigenvalue weighted by Crippen LogP contribution is 2.32. The van der Waals surface area contributed by atoms with Crippen molar-refractivity contribution in [2.24, 2.45) is 0 Å². The Labute approximate surface area is 204 Å². The fourth-order valence-corrected chi connectivity index (χ4v) is 3.45. The minimum absolute atomic E-state index is 0.145. The van der Waals surface area contributed by atoms with Gasteiger partial charge in [0.05, 0.1) is 24.8 Å². The summed E-state index contributed by atoms with van der Waals surface area (Å²) < 4.78 is 16.8. The fourth-order valence-electron chi connectivity index (χ4n) is 3.45. The minimum atomic E-state index is -0.504. The zero-order chi connectivity index (χ0) is 24.5. The van der Waals surface area contributed by atoms with Gasteiger partial charge in [0.1, 0.15) is 12.4 Å². The maximum Gasteiger partial charge on any atom is 0.339 e. The highest BCUT2D eigenvalue weighted by Gasteiger charge is 2.14. The monoisotopic (exact) mass is 467 g/mol. The molecule has 6 nitrogen and oxygen atoms in total. The Kier molecular flexibility index (Phi) is 7.76. The molecule has 0 fully saturated rings. The van der Waals surface area contributed by atoms with E-state index in [1.54, 1.807) is 36.4 Å². The first kappa shape index (κ1) is 23.6. The maximum absolute atomic E-state index is 12.5. The van der Waals surface area contributed by atoms with Gasteiger partial charge in [-0.25, -0.2) is 4.79 Å².